The molecule has 4 aromatic rings. The van der Waals surface area contributed by atoms with Gasteiger partial charge in [0.25, 0.3) is 0 Å². The summed E-state index contributed by atoms with van der Waals surface area (Å²) in [4.78, 5) is 0. The summed E-state index contributed by atoms with van der Waals surface area (Å²) in [6.07, 6.45) is 6.29. The summed E-state index contributed by atoms with van der Waals surface area (Å²) >= 11 is 0. The maximum absolute atomic E-state index is 2.58. The molecule has 2 atom stereocenters. The van der Waals surface area contributed by atoms with E-state index < -0.39 is 15.8 Å². The summed E-state index contributed by atoms with van der Waals surface area (Å²) in [5.41, 5.74) is 2.35. The number of hydrogen-bond donors (Lipinski definition) is 0. The highest BCUT2D eigenvalue weighted by atomic mass is 31.1. The van der Waals surface area contributed by atoms with E-state index in [1.54, 1.807) is 5.57 Å². The summed E-state index contributed by atoms with van der Waals surface area (Å²) in [5.74, 6) is 0. The quantitative estimate of drug-likeness (QED) is 0.227. The molecule has 1 saturated carbocycles. The van der Waals surface area contributed by atoms with Gasteiger partial charge >= 0.3 is 0 Å². The summed E-state index contributed by atoms with van der Waals surface area (Å²) in [6, 6.07) is 45.5. The first-order valence-corrected chi connectivity index (χ1v) is 14.6. The van der Waals surface area contributed by atoms with Crippen LogP contribution in [0.5, 0.6) is 0 Å². The highest BCUT2D eigenvalue weighted by Gasteiger charge is 2.56. The summed E-state index contributed by atoms with van der Waals surface area (Å²) in [6.45, 7) is 0. The minimum absolute atomic E-state index is 0.282. The average Bonchev–Trinajstić information content (AvgIpc) is 3.46. The number of rotatable bonds is 6. The first-order valence-electron chi connectivity index (χ1n) is 11.8. The van der Waals surface area contributed by atoms with Crippen molar-refractivity contribution in [2.45, 2.75) is 30.1 Å². The van der Waals surface area contributed by atoms with Crippen LogP contribution in [-0.4, -0.2) is 10.8 Å². The number of benzene rings is 4. The van der Waals surface area contributed by atoms with Crippen molar-refractivity contribution < 1.29 is 0 Å². The molecule has 0 aromatic heterocycles. The zero-order valence-corrected chi connectivity index (χ0v) is 20.5. The first kappa shape index (κ1) is 21.0. The van der Waals surface area contributed by atoms with E-state index in [4.69, 9.17) is 0 Å². The molecule has 2 aliphatic rings. The van der Waals surface area contributed by atoms with Crippen molar-refractivity contribution in [2.75, 3.05) is 0 Å². The second-order valence-electron chi connectivity index (χ2n) is 9.11. The lowest BCUT2D eigenvalue weighted by atomic mass is 10.0. The van der Waals surface area contributed by atoms with Crippen molar-refractivity contribution in [3.63, 3.8) is 0 Å². The Bertz CT molecular complexity index is 1160. The minimum atomic E-state index is -0.483. The second kappa shape index (κ2) is 9.02. The van der Waals surface area contributed by atoms with Crippen molar-refractivity contribution in [1.82, 2.24) is 0 Å². The highest BCUT2D eigenvalue weighted by Crippen LogP contribution is 2.69. The van der Waals surface area contributed by atoms with E-state index in [2.05, 4.69) is 127 Å². The molecule has 0 heterocycles. The van der Waals surface area contributed by atoms with Gasteiger partial charge in [0.2, 0.25) is 0 Å². The van der Waals surface area contributed by atoms with Gasteiger partial charge in [-0.1, -0.05) is 133 Å². The Kier molecular flexibility index (Phi) is 5.75. The Morgan fingerprint density at radius 3 is 1.39 bits per heavy atom. The van der Waals surface area contributed by atoms with Crippen molar-refractivity contribution in [3.05, 3.63) is 133 Å². The zero-order chi connectivity index (χ0) is 22.1. The van der Waals surface area contributed by atoms with Gasteiger partial charge in [-0.25, -0.2) is 0 Å². The molecule has 0 aliphatic heterocycles. The van der Waals surface area contributed by atoms with Crippen LogP contribution in [0, 0.1) is 0 Å². The third-order valence-electron chi connectivity index (χ3n) is 7.21. The fraction of sp³-hybridized carbons (Fsp3) is 0.161. The zero-order valence-electron chi connectivity index (χ0n) is 18.7. The molecule has 33 heavy (non-hydrogen) atoms. The van der Waals surface area contributed by atoms with Crippen LogP contribution in [0.3, 0.4) is 0 Å². The third-order valence-corrected chi connectivity index (χ3v) is 13.6. The van der Waals surface area contributed by atoms with Crippen LogP contribution in [0.15, 0.2) is 133 Å². The topological polar surface area (TPSA) is 0 Å². The monoisotopic (exact) mass is 462 g/mol. The van der Waals surface area contributed by atoms with Gasteiger partial charge in [-0.2, -0.15) is 0 Å². The largest absolute Gasteiger partial charge is 0.0843 e. The van der Waals surface area contributed by atoms with Gasteiger partial charge in [0, 0.05) is 10.8 Å². The smallest absolute Gasteiger partial charge is 0.0134 e. The molecule has 4 aromatic carbocycles. The van der Waals surface area contributed by atoms with E-state index in [1.807, 2.05) is 0 Å². The lowest BCUT2D eigenvalue weighted by Gasteiger charge is -2.45. The molecule has 0 spiro atoms. The predicted molar refractivity (Wildman–Crippen MR) is 147 cm³/mol. The van der Waals surface area contributed by atoms with E-state index in [-0.39, 0.29) is 5.16 Å². The average molecular weight is 463 g/mol. The van der Waals surface area contributed by atoms with Gasteiger partial charge in [-0.05, 0) is 56.3 Å². The molecule has 0 saturated heterocycles. The van der Waals surface area contributed by atoms with Crippen molar-refractivity contribution in [1.29, 1.82) is 0 Å². The van der Waals surface area contributed by atoms with Gasteiger partial charge in [-0.3, -0.25) is 0 Å². The lowest BCUT2D eigenvalue weighted by Crippen LogP contribution is -2.42. The van der Waals surface area contributed by atoms with Gasteiger partial charge in [0.05, 0.1) is 0 Å². The Morgan fingerprint density at radius 1 is 0.545 bits per heavy atom. The predicted octanol–water partition coefficient (Wildman–Crippen LogP) is 6.48. The fourth-order valence-corrected chi connectivity index (χ4v) is 12.9. The lowest BCUT2D eigenvalue weighted by molar-refractivity contribution is 0.636. The Hall–Kier alpha value is -2.52. The maximum Gasteiger partial charge on any atom is 0.0134 e. The van der Waals surface area contributed by atoms with Crippen LogP contribution in [0.4, 0.5) is 0 Å². The third kappa shape index (κ3) is 3.81. The molecule has 0 radical (unpaired) electrons. The van der Waals surface area contributed by atoms with Crippen LogP contribution in [0.2, 0.25) is 0 Å². The van der Waals surface area contributed by atoms with Crippen LogP contribution >= 0.6 is 15.8 Å². The van der Waals surface area contributed by atoms with E-state index in [0.29, 0.717) is 5.66 Å². The van der Waals surface area contributed by atoms with Crippen molar-refractivity contribution in [3.8, 4) is 0 Å². The van der Waals surface area contributed by atoms with Gasteiger partial charge in [-0.15, -0.1) is 0 Å². The standard InChI is InChI=1S/C31H28P2/c1-5-13-26(14-6-1)32(27-15-7-2-8-16-27)30-23-25-21-22-31(30,24-25)33(28-17-9-3-10-18-28)29-19-11-4-12-20-29/h1-21,30H,22-24H2. The molecule has 1 fully saturated rings. The van der Waals surface area contributed by atoms with Crippen LogP contribution in [0.25, 0.3) is 0 Å². The highest BCUT2D eigenvalue weighted by molar-refractivity contribution is 7.78. The molecule has 2 bridgehead atoms. The molecule has 0 nitrogen and oxygen atoms in total. The molecular formula is C31H28P2. The Labute approximate surface area is 199 Å². The molecule has 0 N–H and O–H groups in total. The number of hydrogen-bond acceptors (Lipinski definition) is 0. The molecule has 6 rings (SSSR count). The van der Waals surface area contributed by atoms with E-state index >= 15 is 0 Å². The summed E-state index contributed by atoms with van der Waals surface area (Å²) < 4.78 is 0. The Balaban J connectivity index is 1.54. The Morgan fingerprint density at radius 2 is 0.970 bits per heavy atom. The van der Waals surface area contributed by atoms with Crippen LogP contribution in [0.1, 0.15) is 19.3 Å². The van der Waals surface area contributed by atoms with Crippen LogP contribution < -0.4 is 21.2 Å². The second-order valence-corrected chi connectivity index (χ2v) is 14.1. The van der Waals surface area contributed by atoms with E-state index in [1.165, 1.54) is 40.5 Å². The van der Waals surface area contributed by atoms with Crippen LogP contribution in [-0.2, 0) is 0 Å². The SMILES string of the molecule is C1=C2CC(P(c3ccccc3)c3ccccc3)C(P(c3ccccc3)c3ccccc3)(C1)C2. The van der Waals surface area contributed by atoms with E-state index in [0.717, 1.165) is 0 Å². The molecular weight excluding hydrogens is 434 g/mol. The normalized spacial score (nSPS) is 21.5. The minimum Gasteiger partial charge on any atom is -0.0843 e. The number of fused-ring (bicyclic) bond motifs is 2. The summed E-state index contributed by atoms with van der Waals surface area (Å²) in [7, 11) is -0.936. The van der Waals surface area contributed by atoms with Crippen molar-refractivity contribution >= 4 is 37.1 Å². The molecule has 2 heteroatoms. The fourth-order valence-electron chi connectivity index (χ4n) is 5.86. The number of allylic oxidation sites excluding steroid dienone is 2. The van der Waals surface area contributed by atoms with Crippen molar-refractivity contribution in [2.24, 2.45) is 0 Å². The molecule has 0 amide bonds. The van der Waals surface area contributed by atoms with Gasteiger partial charge < -0.3 is 0 Å². The first-order chi connectivity index (χ1) is 16.4. The molecule has 2 aliphatic carbocycles. The molecule has 2 unspecified atom stereocenters. The van der Waals surface area contributed by atoms with Gasteiger partial charge in [0.15, 0.2) is 0 Å². The summed E-state index contributed by atoms with van der Waals surface area (Å²) in [5, 5.41) is 6.37. The van der Waals surface area contributed by atoms with Gasteiger partial charge in [0.1, 0.15) is 0 Å². The van der Waals surface area contributed by atoms with E-state index in [9.17, 15) is 0 Å². The maximum atomic E-state index is 2.58. The molecule has 162 valence electrons.